The zero-order chi connectivity index (χ0) is 13.5. The fraction of sp³-hybridized carbons (Fsp3) is 0.929. The van der Waals surface area contributed by atoms with Crippen molar-refractivity contribution < 1.29 is 9.53 Å². The van der Waals surface area contributed by atoms with Crippen molar-refractivity contribution in [2.75, 3.05) is 52.5 Å². The highest BCUT2D eigenvalue weighted by Crippen LogP contribution is 2.11. The maximum Gasteiger partial charge on any atom is 0.236 e. The SMILES string of the molecule is CCCNC1CCN(CC(=O)N2CCOCC2)CC1. The van der Waals surface area contributed by atoms with Crippen molar-refractivity contribution in [3.8, 4) is 0 Å². The van der Waals surface area contributed by atoms with Gasteiger partial charge in [-0.1, -0.05) is 6.92 Å². The van der Waals surface area contributed by atoms with Crippen LogP contribution in [-0.4, -0.2) is 74.2 Å². The molecule has 0 atom stereocenters. The number of nitrogens with zero attached hydrogens (tertiary/aromatic N) is 2. The van der Waals surface area contributed by atoms with E-state index in [1.54, 1.807) is 0 Å². The van der Waals surface area contributed by atoms with E-state index in [9.17, 15) is 4.79 Å². The van der Waals surface area contributed by atoms with Gasteiger partial charge in [0.2, 0.25) is 5.91 Å². The molecule has 5 nitrogen and oxygen atoms in total. The molecular weight excluding hydrogens is 242 g/mol. The first-order valence-electron chi connectivity index (χ1n) is 7.61. The maximum absolute atomic E-state index is 12.1. The lowest BCUT2D eigenvalue weighted by atomic mass is 10.0. The summed E-state index contributed by atoms with van der Waals surface area (Å²) in [6.45, 7) is 8.86. The van der Waals surface area contributed by atoms with Gasteiger partial charge in [-0.3, -0.25) is 9.69 Å². The molecule has 0 aromatic carbocycles. The number of likely N-dealkylation sites (tertiary alicyclic amines) is 1. The second kappa shape index (κ2) is 7.82. The molecule has 1 amide bonds. The van der Waals surface area contributed by atoms with Crippen LogP contribution in [-0.2, 0) is 9.53 Å². The average Bonchev–Trinajstić information content (AvgIpc) is 2.47. The van der Waals surface area contributed by atoms with Crippen LogP contribution >= 0.6 is 0 Å². The van der Waals surface area contributed by atoms with Gasteiger partial charge in [0.25, 0.3) is 0 Å². The maximum atomic E-state index is 12.1. The largest absolute Gasteiger partial charge is 0.378 e. The van der Waals surface area contributed by atoms with E-state index in [4.69, 9.17) is 4.74 Å². The first-order valence-corrected chi connectivity index (χ1v) is 7.61. The van der Waals surface area contributed by atoms with E-state index in [0.717, 1.165) is 45.6 Å². The number of carbonyl (C=O) groups excluding carboxylic acids is 1. The van der Waals surface area contributed by atoms with E-state index in [-0.39, 0.29) is 5.91 Å². The van der Waals surface area contributed by atoms with Crippen LogP contribution in [0.25, 0.3) is 0 Å². The Kier molecular flexibility index (Phi) is 6.07. The predicted molar refractivity (Wildman–Crippen MR) is 75.2 cm³/mol. The highest BCUT2D eigenvalue weighted by atomic mass is 16.5. The molecule has 0 aliphatic carbocycles. The van der Waals surface area contributed by atoms with Crippen molar-refractivity contribution in [2.24, 2.45) is 0 Å². The Bertz CT molecular complexity index is 272. The van der Waals surface area contributed by atoms with Gasteiger partial charge < -0.3 is 15.0 Å². The van der Waals surface area contributed by atoms with Crippen LogP contribution in [0, 0.1) is 0 Å². The third-order valence-electron chi connectivity index (χ3n) is 3.99. The highest BCUT2D eigenvalue weighted by molar-refractivity contribution is 5.78. The first kappa shape index (κ1) is 14.8. The molecule has 2 rings (SSSR count). The van der Waals surface area contributed by atoms with Gasteiger partial charge in [-0.2, -0.15) is 0 Å². The number of morpholine rings is 1. The van der Waals surface area contributed by atoms with E-state index in [1.165, 1.54) is 6.42 Å². The summed E-state index contributed by atoms with van der Waals surface area (Å²) in [7, 11) is 0. The fourth-order valence-corrected chi connectivity index (χ4v) is 2.75. The lowest BCUT2D eigenvalue weighted by Crippen LogP contribution is -2.49. The summed E-state index contributed by atoms with van der Waals surface area (Å²) in [5.41, 5.74) is 0. The fourth-order valence-electron chi connectivity index (χ4n) is 2.75. The van der Waals surface area contributed by atoms with Gasteiger partial charge in [-0.25, -0.2) is 0 Å². The van der Waals surface area contributed by atoms with E-state index in [2.05, 4.69) is 17.1 Å². The Morgan fingerprint density at radius 2 is 1.89 bits per heavy atom. The van der Waals surface area contributed by atoms with Crippen molar-refractivity contribution in [3.63, 3.8) is 0 Å². The van der Waals surface area contributed by atoms with Gasteiger partial charge in [0, 0.05) is 32.2 Å². The van der Waals surface area contributed by atoms with Crippen LogP contribution in [0.15, 0.2) is 0 Å². The van der Waals surface area contributed by atoms with Crippen LogP contribution in [0.3, 0.4) is 0 Å². The topological polar surface area (TPSA) is 44.8 Å². The Hall–Kier alpha value is -0.650. The van der Waals surface area contributed by atoms with Crippen molar-refractivity contribution in [1.29, 1.82) is 0 Å². The molecule has 0 unspecified atom stereocenters. The monoisotopic (exact) mass is 269 g/mol. The molecule has 2 aliphatic rings. The van der Waals surface area contributed by atoms with Gasteiger partial charge in [-0.15, -0.1) is 0 Å². The second-order valence-corrected chi connectivity index (χ2v) is 5.50. The lowest BCUT2D eigenvalue weighted by Gasteiger charge is -2.34. The summed E-state index contributed by atoms with van der Waals surface area (Å²) in [5.74, 6) is 0.267. The van der Waals surface area contributed by atoms with Crippen LogP contribution in [0.1, 0.15) is 26.2 Å². The van der Waals surface area contributed by atoms with Crippen LogP contribution in [0.5, 0.6) is 0 Å². The minimum Gasteiger partial charge on any atom is -0.378 e. The molecule has 0 bridgehead atoms. The highest BCUT2D eigenvalue weighted by Gasteiger charge is 2.23. The van der Waals surface area contributed by atoms with E-state index < -0.39 is 0 Å². The van der Waals surface area contributed by atoms with E-state index >= 15 is 0 Å². The number of nitrogens with one attached hydrogen (secondary N) is 1. The summed E-state index contributed by atoms with van der Waals surface area (Å²) in [5, 5.41) is 3.57. The van der Waals surface area contributed by atoms with Gasteiger partial charge in [0.15, 0.2) is 0 Å². The molecular formula is C14H27N3O2. The predicted octanol–water partition coefficient (Wildman–Crippen LogP) is 0.309. The minimum atomic E-state index is 0.267. The molecule has 5 heteroatoms. The van der Waals surface area contributed by atoms with Crippen molar-refractivity contribution in [3.05, 3.63) is 0 Å². The van der Waals surface area contributed by atoms with Crippen LogP contribution in [0.2, 0.25) is 0 Å². The summed E-state index contributed by atoms with van der Waals surface area (Å²) in [6.07, 6.45) is 3.52. The average molecular weight is 269 g/mol. The quantitative estimate of drug-likeness (QED) is 0.780. The summed E-state index contributed by atoms with van der Waals surface area (Å²) in [6, 6.07) is 0.648. The number of carbonyl (C=O) groups is 1. The van der Waals surface area contributed by atoms with Gasteiger partial charge in [0.1, 0.15) is 0 Å². The standard InChI is InChI=1S/C14H27N3O2/c1-2-5-15-13-3-6-16(7-4-13)12-14(18)17-8-10-19-11-9-17/h13,15H,2-12H2,1H3. The molecule has 2 aliphatic heterocycles. The molecule has 19 heavy (non-hydrogen) atoms. The molecule has 2 saturated heterocycles. The molecule has 2 heterocycles. The number of hydrogen-bond acceptors (Lipinski definition) is 4. The lowest BCUT2D eigenvalue weighted by molar-refractivity contribution is -0.136. The Balaban J connectivity index is 1.65. The summed E-state index contributed by atoms with van der Waals surface area (Å²) in [4.78, 5) is 16.4. The zero-order valence-electron chi connectivity index (χ0n) is 12.1. The third-order valence-corrected chi connectivity index (χ3v) is 3.99. The number of hydrogen-bond donors (Lipinski definition) is 1. The van der Waals surface area contributed by atoms with Gasteiger partial charge in [0.05, 0.1) is 19.8 Å². The van der Waals surface area contributed by atoms with E-state index in [0.29, 0.717) is 25.8 Å². The van der Waals surface area contributed by atoms with Crippen molar-refractivity contribution >= 4 is 5.91 Å². The zero-order valence-corrected chi connectivity index (χ0v) is 12.1. The van der Waals surface area contributed by atoms with Crippen molar-refractivity contribution in [1.82, 2.24) is 15.1 Å². The second-order valence-electron chi connectivity index (χ2n) is 5.50. The minimum absolute atomic E-state index is 0.267. The van der Waals surface area contributed by atoms with Gasteiger partial charge >= 0.3 is 0 Å². The van der Waals surface area contributed by atoms with Crippen LogP contribution in [0.4, 0.5) is 0 Å². The molecule has 1 N–H and O–H groups in total. The number of rotatable bonds is 5. The Morgan fingerprint density at radius 1 is 1.21 bits per heavy atom. The molecule has 0 aromatic heterocycles. The Labute approximate surface area is 116 Å². The van der Waals surface area contributed by atoms with Crippen molar-refractivity contribution in [2.45, 2.75) is 32.2 Å². The summed E-state index contributed by atoms with van der Waals surface area (Å²) < 4.78 is 5.28. The molecule has 0 aromatic rings. The third kappa shape index (κ3) is 4.75. The molecule has 0 spiro atoms. The number of ether oxygens (including phenoxy) is 1. The van der Waals surface area contributed by atoms with Crippen LogP contribution < -0.4 is 5.32 Å². The normalized spacial score (nSPS) is 22.7. The molecule has 0 saturated carbocycles. The summed E-state index contributed by atoms with van der Waals surface area (Å²) >= 11 is 0. The number of amides is 1. The van der Waals surface area contributed by atoms with Gasteiger partial charge in [-0.05, 0) is 25.8 Å². The first-order chi connectivity index (χ1) is 9.29. The smallest absolute Gasteiger partial charge is 0.236 e. The Morgan fingerprint density at radius 3 is 2.53 bits per heavy atom. The molecule has 0 radical (unpaired) electrons. The van der Waals surface area contributed by atoms with E-state index in [1.807, 2.05) is 4.90 Å². The molecule has 2 fully saturated rings. The molecule has 110 valence electrons. The number of piperidine rings is 1.